The highest BCUT2D eigenvalue weighted by Crippen LogP contribution is 2.31. The molecule has 1 fully saturated rings. The maximum atomic E-state index is 12.0. The Morgan fingerprint density at radius 1 is 1.53 bits per heavy atom. The van der Waals surface area contributed by atoms with Crippen LogP contribution in [0.25, 0.3) is 0 Å². The Morgan fingerprint density at radius 3 is 3.00 bits per heavy atom. The molecule has 90 valence electrons. The van der Waals surface area contributed by atoms with Crippen LogP contribution < -0.4 is 5.73 Å². The Morgan fingerprint density at radius 2 is 2.29 bits per heavy atom. The Balaban J connectivity index is 2.13. The van der Waals surface area contributed by atoms with Gasteiger partial charge in [0.25, 0.3) is 0 Å². The predicted molar refractivity (Wildman–Crippen MR) is 66.1 cm³/mol. The first kappa shape index (κ1) is 11.8. The molecule has 0 bridgehead atoms. The standard InChI is InChI=1S/C13H17N3O/c14-7-1-4-13(17)16-10-2-3-12(16)11-5-8-15-9-6-11/h1,4-6,8-9,12H,2-3,7,10,14H2/b4-1+. The first-order valence-electron chi connectivity index (χ1n) is 5.90. The zero-order valence-corrected chi connectivity index (χ0v) is 9.75. The van der Waals surface area contributed by atoms with Crippen LogP contribution in [0.5, 0.6) is 0 Å². The van der Waals surface area contributed by atoms with Gasteiger partial charge in [-0.1, -0.05) is 6.08 Å². The predicted octanol–water partition coefficient (Wildman–Crippen LogP) is 1.26. The summed E-state index contributed by atoms with van der Waals surface area (Å²) in [5.74, 6) is 0.0507. The average molecular weight is 231 g/mol. The van der Waals surface area contributed by atoms with E-state index in [2.05, 4.69) is 4.98 Å². The van der Waals surface area contributed by atoms with Crippen molar-refractivity contribution in [1.82, 2.24) is 9.88 Å². The second-order valence-electron chi connectivity index (χ2n) is 4.11. The monoisotopic (exact) mass is 231 g/mol. The third-order valence-corrected chi connectivity index (χ3v) is 3.02. The number of aromatic nitrogens is 1. The average Bonchev–Trinajstić information content (AvgIpc) is 2.86. The van der Waals surface area contributed by atoms with Gasteiger partial charge in [-0.2, -0.15) is 0 Å². The maximum absolute atomic E-state index is 12.0. The SMILES string of the molecule is NC/C=C/C(=O)N1CCCC1c1ccncc1. The second-order valence-corrected chi connectivity index (χ2v) is 4.11. The van der Waals surface area contributed by atoms with Crippen molar-refractivity contribution < 1.29 is 4.79 Å². The van der Waals surface area contributed by atoms with Crippen molar-refractivity contribution in [3.8, 4) is 0 Å². The van der Waals surface area contributed by atoms with Gasteiger partial charge >= 0.3 is 0 Å². The van der Waals surface area contributed by atoms with Crippen LogP contribution in [-0.4, -0.2) is 28.9 Å². The maximum Gasteiger partial charge on any atom is 0.246 e. The fourth-order valence-corrected chi connectivity index (χ4v) is 2.23. The molecule has 2 N–H and O–H groups in total. The minimum Gasteiger partial charge on any atom is -0.332 e. The van der Waals surface area contributed by atoms with E-state index in [1.807, 2.05) is 17.0 Å². The number of hydrogen-bond acceptors (Lipinski definition) is 3. The van der Waals surface area contributed by atoms with Gasteiger partial charge in [-0.15, -0.1) is 0 Å². The molecule has 0 saturated carbocycles. The zero-order valence-electron chi connectivity index (χ0n) is 9.75. The summed E-state index contributed by atoms with van der Waals surface area (Å²) in [5.41, 5.74) is 6.51. The van der Waals surface area contributed by atoms with E-state index in [0.717, 1.165) is 24.9 Å². The van der Waals surface area contributed by atoms with Gasteiger partial charge in [0.15, 0.2) is 0 Å². The largest absolute Gasteiger partial charge is 0.332 e. The molecule has 1 aliphatic rings. The van der Waals surface area contributed by atoms with Crippen LogP contribution in [0.2, 0.25) is 0 Å². The van der Waals surface area contributed by atoms with E-state index in [1.165, 1.54) is 0 Å². The number of likely N-dealkylation sites (tertiary alicyclic amines) is 1. The number of rotatable bonds is 3. The van der Waals surface area contributed by atoms with Gasteiger partial charge in [0.2, 0.25) is 5.91 Å². The number of nitrogens with two attached hydrogens (primary N) is 1. The van der Waals surface area contributed by atoms with Gasteiger partial charge < -0.3 is 10.6 Å². The topological polar surface area (TPSA) is 59.2 Å². The van der Waals surface area contributed by atoms with Crippen molar-refractivity contribution in [1.29, 1.82) is 0 Å². The normalized spacial score (nSPS) is 20.1. The summed E-state index contributed by atoms with van der Waals surface area (Å²) in [7, 11) is 0. The minimum absolute atomic E-state index is 0.0507. The molecular formula is C13H17N3O. The molecule has 1 saturated heterocycles. The summed E-state index contributed by atoms with van der Waals surface area (Å²) in [4.78, 5) is 17.9. The van der Waals surface area contributed by atoms with Crippen LogP contribution >= 0.6 is 0 Å². The molecule has 0 aliphatic carbocycles. The van der Waals surface area contributed by atoms with Crippen LogP contribution in [0.4, 0.5) is 0 Å². The molecule has 1 unspecified atom stereocenters. The van der Waals surface area contributed by atoms with E-state index < -0.39 is 0 Å². The van der Waals surface area contributed by atoms with Gasteiger partial charge in [-0.05, 0) is 30.5 Å². The molecule has 17 heavy (non-hydrogen) atoms. The molecule has 1 aromatic rings. The van der Waals surface area contributed by atoms with Gasteiger partial charge in [0.1, 0.15) is 0 Å². The fraction of sp³-hybridized carbons (Fsp3) is 0.385. The van der Waals surface area contributed by atoms with Gasteiger partial charge in [0.05, 0.1) is 6.04 Å². The van der Waals surface area contributed by atoms with E-state index in [4.69, 9.17) is 5.73 Å². The first-order valence-corrected chi connectivity index (χ1v) is 5.90. The van der Waals surface area contributed by atoms with Crippen molar-refractivity contribution in [2.45, 2.75) is 18.9 Å². The summed E-state index contributed by atoms with van der Waals surface area (Å²) in [5, 5.41) is 0. The molecule has 1 aliphatic heterocycles. The second kappa shape index (κ2) is 5.59. The van der Waals surface area contributed by atoms with Crippen molar-refractivity contribution in [3.05, 3.63) is 42.2 Å². The van der Waals surface area contributed by atoms with E-state index in [1.54, 1.807) is 24.5 Å². The number of carbonyl (C=O) groups is 1. The van der Waals surface area contributed by atoms with Crippen molar-refractivity contribution in [3.63, 3.8) is 0 Å². The lowest BCUT2D eigenvalue weighted by Gasteiger charge is -2.23. The molecule has 0 spiro atoms. The Hall–Kier alpha value is -1.68. The molecule has 1 atom stereocenters. The molecule has 4 heteroatoms. The van der Waals surface area contributed by atoms with Crippen LogP contribution in [0.3, 0.4) is 0 Å². The number of pyridine rings is 1. The summed E-state index contributed by atoms with van der Waals surface area (Å²) < 4.78 is 0. The van der Waals surface area contributed by atoms with Gasteiger partial charge in [-0.3, -0.25) is 9.78 Å². The third-order valence-electron chi connectivity index (χ3n) is 3.02. The van der Waals surface area contributed by atoms with Crippen molar-refractivity contribution >= 4 is 5.91 Å². The molecule has 1 aromatic heterocycles. The molecule has 4 nitrogen and oxygen atoms in total. The minimum atomic E-state index is 0.0507. The Bertz CT molecular complexity index is 402. The first-order chi connectivity index (χ1) is 8.33. The summed E-state index contributed by atoms with van der Waals surface area (Å²) in [6.45, 7) is 1.22. The third kappa shape index (κ3) is 2.71. The molecule has 0 aromatic carbocycles. The fourth-order valence-electron chi connectivity index (χ4n) is 2.23. The van der Waals surface area contributed by atoms with E-state index in [-0.39, 0.29) is 11.9 Å². The van der Waals surface area contributed by atoms with Gasteiger partial charge in [0, 0.05) is 31.6 Å². The Labute approximate surface area is 101 Å². The molecule has 2 heterocycles. The van der Waals surface area contributed by atoms with Crippen LogP contribution in [-0.2, 0) is 4.79 Å². The van der Waals surface area contributed by atoms with Crippen LogP contribution in [0.15, 0.2) is 36.7 Å². The number of amides is 1. The van der Waals surface area contributed by atoms with Crippen LogP contribution in [0.1, 0.15) is 24.4 Å². The smallest absolute Gasteiger partial charge is 0.246 e. The van der Waals surface area contributed by atoms with Crippen molar-refractivity contribution in [2.24, 2.45) is 5.73 Å². The quantitative estimate of drug-likeness (QED) is 0.797. The highest BCUT2D eigenvalue weighted by Gasteiger charge is 2.28. The number of hydrogen-bond donors (Lipinski definition) is 1. The van der Waals surface area contributed by atoms with E-state index in [0.29, 0.717) is 6.54 Å². The van der Waals surface area contributed by atoms with Crippen LogP contribution in [0, 0.1) is 0 Å². The molecule has 0 radical (unpaired) electrons. The summed E-state index contributed by atoms with van der Waals surface area (Å²) >= 11 is 0. The number of nitrogens with zero attached hydrogens (tertiary/aromatic N) is 2. The lowest BCUT2D eigenvalue weighted by atomic mass is 10.1. The van der Waals surface area contributed by atoms with Crippen molar-refractivity contribution in [2.75, 3.05) is 13.1 Å². The molecule has 1 amide bonds. The molecule has 2 rings (SSSR count). The highest BCUT2D eigenvalue weighted by molar-refractivity contribution is 5.88. The van der Waals surface area contributed by atoms with E-state index in [9.17, 15) is 4.79 Å². The summed E-state index contributed by atoms with van der Waals surface area (Å²) in [6, 6.07) is 4.14. The lowest BCUT2D eigenvalue weighted by molar-refractivity contribution is -0.126. The summed E-state index contributed by atoms with van der Waals surface area (Å²) in [6.07, 6.45) is 8.88. The number of carbonyl (C=O) groups excluding carboxylic acids is 1. The molecular weight excluding hydrogens is 214 g/mol. The zero-order chi connectivity index (χ0) is 12.1. The van der Waals surface area contributed by atoms with Gasteiger partial charge in [-0.25, -0.2) is 0 Å². The highest BCUT2D eigenvalue weighted by atomic mass is 16.2. The Kier molecular flexibility index (Phi) is 3.88. The lowest BCUT2D eigenvalue weighted by Crippen LogP contribution is -2.29. The van der Waals surface area contributed by atoms with E-state index >= 15 is 0 Å².